The van der Waals surface area contributed by atoms with E-state index in [0.29, 0.717) is 19.0 Å². The molecule has 4 N–H and O–H groups in total. The van der Waals surface area contributed by atoms with E-state index in [2.05, 4.69) is 27.8 Å². The van der Waals surface area contributed by atoms with Crippen LogP contribution in [0, 0.1) is 0 Å². The van der Waals surface area contributed by atoms with Gasteiger partial charge in [-0.15, -0.1) is 0 Å². The van der Waals surface area contributed by atoms with Crippen LogP contribution in [-0.4, -0.2) is 52.4 Å². The normalized spacial score (nSPS) is 11.8. The third kappa shape index (κ3) is 8.22. The lowest BCUT2D eigenvalue weighted by atomic mass is 10.1. The molecule has 0 aromatic heterocycles. The highest BCUT2D eigenvalue weighted by Gasteiger charge is 2.08. The lowest BCUT2D eigenvalue weighted by Gasteiger charge is -2.15. The number of nitrogens with zero attached hydrogens (tertiary/aromatic N) is 2. The number of nitrogens with two attached hydrogens (primary N) is 1. The minimum atomic E-state index is -3.72. The molecule has 0 aliphatic heterocycles. The van der Waals surface area contributed by atoms with Crippen molar-refractivity contribution in [3.63, 3.8) is 0 Å². The zero-order valence-electron chi connectivity index (χ0n) is 17.3. The SMILES string of the molecule is CN(C)C(=O)CNC(=NCc1ccc(S(N)(=O)=O)cc1)NCCCc1ccccc1. The van der Waals surface area contributed by atoms with Gasteiger partial charge in [0.15, 0.2) is 5.96 Å². The summed E-state index contributed by atoms with van der Waals surface area (Å²) >= 11 is 0. The number of guanidine groups is 1. The van der Waals surface area contributed by atoms with Gasteiger partial charge in [0.25, 0.3) is 0 Å². The fraction of sp³-hybridized carbons (Fsp3) is 0.333. The summed E-state index contributed by atoms with van der Waals surface area (Å²) in [6.07, 6.45) is 1.85. The van der Waals surface area contributed by atoms with Crippen molar-refractivity contribution >= 4 is 21.9 Å². The van der Waals surface area contributed by atoms with E-state index in [1.54, 1.807) is 26.2 Å². The van der Waals surface area contributed by atoms with Crippen molar-refractivity contribution in [3.05, 3.63) is 65.7 Å². The molecule has 0 bridgehead atoms. The molecule has 9 heteroatoms. The van der Waals surface area contributed by atoms with Gasteiger partial charge in [-0.3, -0.25) is 4.79 Å². The monoisotopic (exact) mass is 431 g/mol. The molecule has 0 saturated heterocycles. The van der Waals surface area contributed by atoms with Gasteiger partial charge >= 0.3 is 0 Å². The van der Waals surface area contributed by atoms with E-state index in [4.69, 9.17) is 5.14 Å². The lowest BCUT2D eigenvalue weighted by molar-refractivity contribution is -0.127. The zero-order valence-corrected chi connectivity index (χ0v) is 18.2. The van der Waals surface area contributed by atoms with E-state index in [1.165, 1.54) is 22.6 Å². The van der Waals surface area contributed by atoms with E-state index < -0.39 is 10.0 Å². The Hall–Kier alpha value is -2.91. The fourth-order valence-corrected chi connectivity index (χ4v) is 3.11. The molecule has 0 spiro atoms. The van der Waals surface area contributed by atoms with Gasteiger partial charge in [-0.1, -0.05) is 42.5 Å². The van der Waals surface area contributed by atoms with Crippen molar-refractivity contribution in [1.29, 1.82) is 0 Å². The highest BCUT2D eigenvalue weighted by Crippen LogP contribution is 2.09. The molecular weight excluding hydrogens is 402 g/mol. The maximum atomic E-state index is 11.9. The third-order valence-electron chi connectivity index (χ3n) is 4.35. The van der Waals surface area contributed by atoms with E-state index in [1.807, 2.05) is 18.2 Å². The molecular formula is C21H29N5O3S. The van der Waals surface area contributed by atoms with Gasteiger partial charge in [0.05, 0.1) is 18.0 Å². The number of rotatable bonds is 9. The number of carbonyl (C=O) groups is 1. The van der Waals surface area contributed by atoms with Crippen LogP contribution in [0.25, 0.3) is 0 Å². The number of nitrogens with one attached hydrogen (secondary N) is 2. The number of primary sulfonamides is 1. The maximum Gasteiger partial charge on any atom is 0.241 e. The van der Waals surface area contributed by atoms with Gasteiger partial charge in [-0.05, 0) is 36.1 Å². The molecule has 2 aromatic rings. The van der Waals surface area contributed by atoms with Crippen molar-refractivity contribution in [2.24, 2.45) is 10.1 Å². The summed E-state index contributed by atoms with van der Waals surface area (Å²) in [5.41, 5.74) is 2.09. The summed E-state index contributed by atoms with van der Waals surface area (Å²) < 4.78 is 22.7. The molecule has 0 atom stereocenters. The first-order valence-electron chi connectivity index (χ1n) is 9.63. The summed E-state index contributed by atoms with van der Waals surface area (Å²) in [7, 11) is -0.326. The summed E-state index contributed by atoms with van der Waals surface area (Å²) in [4.78, 5) is 17.9. The highest BCUT2D eigenvalue weighted by molar-refractivity contribution is 7.89. The van der Waals surface area contributed by atoms with Crippen LogP contribution >= 0.6 is 0 Å². The van der Waals surface area contributed by atoms with Crippen LogP contribution in [-0.2, 0) is 27.8 Å². The van der Waals surface area contributed by atoms with Crippen LogP contribution < -0.4 is 15.8 Å². The third-order valence-corrected chi connectivity index (χ3v) is 5.28. The molecule has 2 rings (SSSR count). The first kappa shape index (κ1) is 23.4. The smallest absolute Gasteiger partial charge is 0.241 e. The standard InChI is InChI=1S/C21H29N5O3S/c1-26(2)20(27)16-25-21(23-14-6-9-17-7-4-3-5-8-17)24-15-18-10-12-19(13-11-18)30(22,28)29/h3-5,7-8,10-13H,6,9,14-16H2,1-2H3,(H2,22,28,29)(H2,23,24,25). The first-order valence-corrected chi connectivity index (χ1v) is 11.2. The van der Waals surface area contributed by atoms with Crippen LogP contribution in [0.3, 0.4) is 0 Å². The number of aryl methyl sites for hydroxylation is 1. The zero-order chi connectivity index (χ0) is 22.0. The summed E-state index contributed by atoms with van der Waals surface area (Å²) in [6.45, 7) is 1.15. The fourth-order valence-electron chi connectivity index (χ4n) is 2.59. The molecule has 0 unspecified atom stereocenters. The van der Waals surface area contributed by atoms with Crippen molar-refractivity contribution < 1.29 is 13.2 Å². The predicted octanol–water partition coefficient (Wildman–Crippen LogP) is 1.09. The van der Waals surface area contributed by atoms with Crippen LogP contribution in [0.5, 0.6) is 0 Å². The molecule has 0 heterocycles. The van der Waals surface area contributed by atoms with E-state index in [0.717, 1.165) is 18.4 Å². The van der Waals surface area contributed by atoms with Crippen LogP contribution in [0.1, 0.15) is 17.5 Å². The van der Waals surface area contributed by atoms with E-state index in [-0.39, 0.29) is 17.3 Å². The molecule has 1 amide bonds. The number of likely N-dealkylation sites (N-methyl/N-ethyl adjacent to an activating group) is 1. The van der Waals surface area contributed by atoms with Crippen LogP contribution in [0.4, 0.5) is 0 Å². The number of hydrogen-bond acceptors (Lipinski definition) is 4. The Morgan fingerprint density at radius 1 is 1.00 bits per heavy atom. The van der Waals surface area contributed by atoms with Crippen LogP contribution in [0.15, 0.2) is 64.5 Å². The Bertz CT molecular complexity index is 942. The summed E-state index contributed by atoms with van der Waals surface area (Å²) in [5, 5.41) is 11.4. The van der Waals surface area contributed by atoms with Gasteiger partial charge in [-0.25, -0.2) is 18.5 Å². The Morgan fingerprint density at radius 2 is 1.67 bits per heavy atom. The molecule has 0 aliphatic carbocycles. The van der Waals surface area contributed by atoms with Gasteiger partial charge in [0, 0.05) is 20.6 Å². The number of hydrogen-bond donors (Lipinski definition) is 3. The first-order chi connectivity index (χ1) is 14.3. The Labute approximate surface area is 178 Å². The molecule has 162 valence electrons. The van der Waals surface area contributed by atoms with Crippen molar-refractivity contribution in [2.75, 3.05) is 27.2 Å². The number of benzene rings is 2. The number of sulfonamides is 1. The molecule has 0 aliphatic rings. The lowest BCUT2D eigenvalue weighted by Crippen LogP contribution is -2.43. The molecule has 2 aromatic carbocycles. The van der Waals surface area contributed by atoms with Crippen molar-refractivity contribution in [1.82, 2.24) is 15.5 Å². The predicted molar refractivity (Wildman–Crippen MR) is 118 cm³/mol. The minimum absolute atomic E-state index is 0.0594. The summed E-state index contributed by atoms with van der Waals surface area (Å²) in [5.74, 6) is 0.458. The molecule has 0 fully saturated rings. The van der Waals surface area contributed by atoms with Gasteiger partial charge in [0.1, 0.15) is 0 Å². The van der Waals surface area contributed by atoms with Crippen LogP contribution in [0.2, 0.25) is 0 Å². The second-order valence-corrected chi connectivity index (χ2v) is 8.57. The molecule has 8 nitrogen and oxygen atoms in total. The molecule has 30 heavy (non-hydrogen) atoms. The van der Waals surface area contributed by atoms with Gasteiger partial charge < -0.3 is 15.5 Å². The Kier molecular flexibility index (Phi) is 8.82. The highest BCUT2D eigenvalue weighted by atomic mass is 32.2. The second-order valence-electron chi connectivity index (χ2n) is 7.01. The largest absolute Gasteiger partial charge is 0.356 e. The topological polar surface area (TPSA) is 117 Å². The average molecular weight is 432 g/mol. The molecule has 0 saturated carbocycles. The number of aliphatic imine (C=N–C) groups is 1. The van der Waals surface area contributed by atoms with Crippen molar-refractivity contribution in [3.8, 4) is 0 Å². The van der Waals surface area contributed by atoms with E-state index in [9.17, 15) is 13.2 Å². The van der Waals surface area contributed by atoms with E-state index >= 15 is 0 Å². The molecule has 0 radical (unpaired) electrons. The second kappa shape index (κ2) is 11.3. The maximum absolute atomic E-state index is 11.9. The van der Waals surface area contributed by atoms with Gasteiger partial charge in [-0.2, -0.15) is 0 Å². The average Bonchev–Trinajstić information content (AvgIpc) is 2.72. The van der Waals surface area contributed by atoms with Crippen molar-refractivity contribution in [2.45, 2.75) is 24.3 Å². The number of carbonyl (C=O) groups excluding carboxylic acids is 1. The van der Waals surface area contributed by atoms with Gasteiger partial charge in [0.2, 0.25) is 15.9 Å². The Balaban J connectivity index is 1.95. The quantitative estimate of drug-likeness (QED) is 0.312. The number of amides is 1. The summed E-state index contributed by atoms with van der Waals surface area (Å²) in [6, 6.07) is 16.5. The minimum Gasteiger partial charge on any atom is -0.356 e. The Morgan fingerprint density at radius 3 is 2.27 bits per heavy atom.